The van der Waals surface area contributed by atoms with Crippen LogP contribution in [0.15, 0.2) is 18.2 Å². The van der Waals surface area contributed by atoms with E-state index in [1.165, 1.54) is 17.9 Å². The van der Waals surface area contributed by atoms with Crippen molar-refractivity contribution in [3.05, 3.63) is 29.3 Å². The van der Waals surface area contributed by atoms with E-state index in [1.54, 1.807) is 6.92 Å². The molecule has 0 radical (unpaired) electrons. The van der Waals surface area contributed by atoms with Crippen LogP contribution in [-0.2, 0) is 6.54 Å². The molecule has 0 amide bonds. The monoisotopic (exact) mass is 293 g/mol. The highest BCUT2D eigenvalue weighted by Gasteiger charge is 2.14. The number of ketones is 1. The fourth-order valence-corrected chi connectivity index (χ4v) is 3.34. The van der Waals surface area contributed by atoms with Gasteiger partial charge in [0, 0.05) is 30.0 Å². The second-order valence-corrected chi connectivity index (χ2v) is 6.28. The highest BCUT2D eigenvalue weighted by molar-refractivity contribution is 7.99. The van der Waals surface area contributed by atoms with Crippen molar-refractivity contribution < 1.29 is 9.53 Å². The van der Waals surface area contributed by atoms with Gasteiger partial charge in [-0.15, -0.1) is 0 Å². The van der Waals surface area contributed by atoms with E-state index in [4.69, 9.17) is 4.74 Å². The van der Waals surface area contributed by atoms with Gasteiger partial charge < -0.3 is 4.74 Å². The summed E-state index contributed by atoms with van der Waals surface area (Å²) in [6.07, 6.45) is 1.24. The van der Waals surface area contributed by atoms with Gasteiger partial charge >= 0.3 is 0 Å². The number of carbonyl (C=O) groups is 1. The van der Waals surface area contributed by atoms with Crippen LogP contribution < -0.4 is 4.74 Å². The molecule has 2 rings (SSSR count). The number of hydrogen-bond donors (Lipinski definition) is 0. The zero-order valence-corrected chi connectivity index (χ0v) is 13.2. The minimum Gasteiger partial charge on any atom is -0.494 e. The van der Waals surface area contributed by atoms with E-state index >= 15 is 0 Å². The highest BCUT2D eigenvalue weighted by Crippen LogP contribution is 2.23. The third-order valence-electron chi connectivity index (χ3n) is 3.48. The molecule has 0 N–H and O–H groups in total. The molecule has 0 atom stereocenters. The quantitative estimate of drug-likeness (QED) is 0.780. The Morgan fingerprint density at radius 1 is 1.35 bits per heavy atom. The van der Waals surface area contributed by atoms with Crippen LogP contribution in [0.25, 0.3) is 0 Å². The Labute approximate surface area is 125 Å². The molecular weight excluding hydrogens is 270 g/mol. The average Bonchev–Trinajstić information content (AvgIpc) is 2.69. The average molecular weight is 293 g/mol. The van der Waals surface area contributed by atoms with Crippen LogP contribution >= 0.6 is 11.8 Å². The van der Waals surface area contributed by atoms with Crippen molar-refractivity contribution in [3.63, 3.8) is 0 Å². The van der Waals surface area contributed by atoms with Crippen molar-refractivity contribution in [2.45, 2.75) is 26.8 Å². The van der Waals surface area contributed by atoms with E-state index < -0.39 is 0 Å². The van der Waals surface area contributed by atoms with Crippen LogP contribution in [0.1, 0.15) is 36.2 Å². The Bertz CT molecular complexity index is 454. The summed E-state index contributed by atoms with van der Waals surface area (Å²) >= 11 is 2.03. The van der Waals surface area contributed by atoms with Gasteiger partial charge in [0.05, 0.1) is 6.61 Å². The summed E-state index contributed by atoms with van der Waals surface area (Å²) in [5, 5.41) is 0. The van der Waals surface area contributed by atoms with Gasteiger partial charge in [-0.3, -0.25) is 9.69 Å². The molecule has 0 spiro atoms. The Kier molecular flexibility index (Phi) is 5.92. The van der Waals surface area contributed by atoms with Gasteiger partial charge in [0.2, 0.25) is 0 Å². The van der Waals surface area contributed by atoms with E-state index in [0.29, 0.717) is 6.61 Å². The molecule has 1 saturated heterocycles. The lowest BCUT2D eigenvalue weighted by atomic mass is 10.1. The summed E-state index contributed by atoms with van der Waals surface area (Å²) in [5.74, 6) is 3.47. The first kappa shape index (κ1) is 15.4. The van der Waals surface area contributed by atoms with Crippen molar-refractivity contribution in [2.24, 2.45) is 0 Å². The van der Waals surface area contributed by atoms with Crippen LogP contribution in [0.5, 0.6) is 5.75 Å². The lowest BCUT2D eigenvalue weighted by molar-refractivity contribution is 0.101. The molecule has 0 aromatic heterocycles. The lowest BCUT2D eigenvalue weighted by Gasteiger charge is -2.21. The summed E-state index contributed by atoms with van der Waals surface area (Å²) < 4.78 is 5.70. The minimum absolute atomic E-state index is 0.112. The van der Waals surface area contributed by atoms with E-state index in [9.17, 15) is 4.79 Å². The molecule has 1 heterocycles. The highest BCUT2D eigenvalue weighted by atomic mass is 32.2. The minimum atomic E-state index is 0.112. The van der Waals surface area contributed by atoms with Crippen LogP contribution in [-0.4, -0.2) is 41.9 Å². The van der Waals surface area contributed by atoms with E-state index in [2.05, 4.69) is 4.90 Å². The molecule has 20 heavy (non-hydrogen) atoms. The zero-order valence-electron chi connectivity index (χ0n) is 12.4. The van der Waals surface area contributed by atoms with E-state index in [1.807, 2.05) is 36.9 Å². The number of hydrogen-bond acceptors (Lipinski definition) is 4. The van der Waals surface area contributed by atoms with Crippen LogP contribution in [0.4, 0.5) is 0 Å². The topological polar surface area (TPSA) is 29.5 Å². The summed E-state index contributed by atoms with van der Waals surface area (Å²) in [5.41, 5.74) is 1.90. The third-order valence-corrected chi connectivity index (χ3v) is 4.52. The largest absolute Gasteiger partial charge is 0.494 e. The van der Waals surface area contributed by atoms with Crippen molar-refractivity contribution >= 4 is 17.5 Å². The molecule has 1 fully saturated rings. The predicted molar refractivity (Wildman–Crippen MR) is 84.8 cm³/mol. The molecule has 1 aromatic rings. The zero-order chi connectivity index (χ0) is 14.4. The molecule has 3 nitrogen and oxygen atoms in total. The second-order valence-electron chi connectivity index (χ2n) is 5.05. The lowest BCUT2D eigenvalue weighted by Crippen LogP contribution is -2.25. The molecule has 0 aliphatic carbocycles. The Balaban J connectivity index is 2.17. The maximum atomic E-state index is 11.6. The van der Waals surface area contributed by atoms with Gasteiger partial charge in [-0.25, -0.2) is 0 Å². The fraction of sp³-hybridized carbons (Fsp3) is 0.562. The molecule has 1 aliphatic rings. The van der Waals surface area contributed by atoms with Crippen molar-refractivity contribution in [1.82, 2.24) is 4.90 Å². The number of nitrogens with zero attached hydrogens (tertiary/aromatic N) is 1. The first-order chi connectivity index (χ1) is 9.70. The van der Waals surface area contributed by atoms with Crippen LogP contribution in [0, 0.1) is 0 Å². The maximum Gasteiger partial charge on any atom is 0.159 e. The van der Waals surface area contributed by atoms with E-state index in [0.717, 1.165) is 36.5 Å². The first-order valence-corrected chi connectivity index (χ1v) is 8.43. The molecule has 110 valence electrons. The Morgan fingerprint density at radius 3 is 2.95 bits per heavy atom. The smallest absolute Gasteiger partial charge is 0.159 e. The Hall–Kier alpha value is -1.00. The van der Waals surface area contributed by atoms with Crippen molar-refractivity contribution in [1.29, 1.82) is 0 Å². The maximum absolute atomic E-state index is 11.6. The third kappa shape index (κ3) is 4.25. The van der Waals surface area contributed by atoms with Crippen LogP contribution in [0.2, 0.25) is 0 Å². The van der Waals surface area contributed by atoms with Crippen molar-refractivity contribution in [3.8, 4) is 5.75 Å². The number of ether oxygens (including phenoxy) is 1. The number of benzene rings is 1. The van der Waals surface area contributed by atoms with E-state index in [-0.39, 0.29) is 5.78 Å². The van der Waals surface area contributed by atoms with Crippen molar-refractivity contribution in [2.75, 3.05) is 31.2 Å². The Morgan fingerprint density at radius 2 is 2.20 bits per heavy atom. The summed E-state index contributed by atoms with van der Waals surface area (Å²) in [7, 11) is 0. The predicted octanol–water partition coefficient (Wildman–Crippen LogP) is 3.23. The van der Waals surface area contributed by atoms with Gasteiger partial charge in [-0.05, 0) is 50.8 Å². The second kappa shape index (κ2) is 7.70. The molecule has 1 aliphatic heterocycles. The summed E-state index contributed by atoms with van der Waals surface area (Å²) in [4.78, 5) is 14.0. The SMILES string of the molecule is CCOc1ccc(C(C)=O)cc1CN1CCCSCC1. The number of thioether (sulfide) groups is 1. The molecule has 4 heteroatoms. The first-order valence-electron chi connectivity index (χ1n) is 7.27. The van der Waals surface area contributed by atoms with Gasteiger partial charge in [0.15, 0.2) is 5.78 Å². The molecular formula is C16H23NO2S. The van der Waals surface area contributed by atoms with Gasteiger partial charge in [-0.1, -0.05) is 0 Å². The van der Waals surface area contributed by atoms with Gasteiger partial charge in [-0.2, -0.15) is 11.8 Å². The number of carbonyl (C=O) groups excluding carboxylic acids is 1. The molecule has 0 unspecified atom stereocenters. The normalized spacial score (nSPS) is 16.7. The summed E-state index contributed by atoms with van der Waals surface area (Å²) in [6, 6.07) is 5.78. The van der Waals surface area contributed by atoms with Gasteiger partial charge in [0.25, 0.3) is 0 Å². The fourth-order valence-electron chi connectivity index (χ4n) is 2.42. The van der Waals surface area contributed by atoms with Crippen LogP contribution in [0.3, 0.4) is 0 Å². The number of rotatable bonds is 5. The van der Waals surface area contributed by atoms with Gasteiger partial charge in [0.1, 0.15) is 5.75 Å². The standard InChI is InChI=1S/C16H23NO2S/c1-3-19-16-6-5-14(13(2)18)11-15(16)12-17-7-4-9-20-10-8-17/h5-6,11H,3-4,7-10,12H2,1-2H3. The molecule has 1 aromatic carbocycles. The summed E-state index contributed by atoms with van der Waals surface area (Å²) in [6.45, 7) is 7.37. The molecule has 0 saturated carbocycles. The number of Topliss-reactive ketones (excluding diaryl/α,β-unsaturated/α-hetero) is 1. The molecule has 0 bridgehead atoms.